The van der Waals surface area contributed by atoms with Gasteiger partial charge in [-0.2, -0.15) is 0 Å². The maximum atomic E-state index is 4.39. The van der Waals surface area contributed by atoms with Crippen molar-refractivity contribution in [3.63, 3.8) is 0 Å². The van der Waals surface area contributed by atoms with Gasteiger partial charge < -0.3 is 0 Å². The van der Waals surface area contributed by atoms with Crippen LogP contribution in [0.2, 0.25) is 0 Å². The third kappa shape index (κ3) is 3.58. The smallest absolute Gasteiger partial charge is 0.188 e. The largest absolute Gasteiger partial charge is 0.231 e. The van der Waals surface area contributed by atoms with Gasteiger partial charge in [-0.25, -0.2) is 19.9 Å². The van der Waals surface area contributed by atoms with Crippen molar-refractivity contribution in [2.75, 3.05) is 12.5 Å². The van der Waals surface area contributed by atoms with Crippen molar-refractivity contribution in [3.05, 3.63) is 24.5 Å². The first kappa shape index (κ1) is 12.7. The van der Waals surface area contributed by atoms with Crippen LogP contribution in [-0.4, -0.2) is 32.4 Å². The van der Waals surface area contributed by atoms with Crippen molar-refractivity contribution < 1.29 is 0 Å². The monoisotopic (exact) mass is 282 g/mol. The fourth-order valence-corrected chi connectivity index (χ4v) is 2.63. The highest BCUT2D eigenvalue weighted by molar-refractivity contribution is 7.99. The predicted molar refractivity (Wildman–Crippen MR) is 71.7 cm³/mol. The molecule has 0 saturated carbocycles. The van der Waals surface area contributed by atoms with Gasteiger partial charge in [0.2, 0.25) is 0 Å². The van der Waals surface area contributed by atoms with Crippen LogP contribution in [0.1, 0.15) is 0 Å². The maximum Gasteiger partial charge on any atom is 0.188 e. The Morgan fingerprint density at radius 2 is 1.29 bits per heavy atom. The first-order valence-electron chi connectivity index (χ1n) is 4.74. The van der Waals surface area contributed by atoms with Gasteiger partial charge in [-0.1, -0.05) is 23.5 Å². The Balaban J connectivity index is 2.18. The van der Waals surface area contributed by atoms with E-state index in [2.05, 4.69) is 19.9 Å². The number of thioether (sulfide) groups is 2. The van der Waals surface area contributed by atoms with Crippen LogP contribution in [0.5, 0.6) is 0 Å². The molecule has 0 unspecified atom stereocenters. The van der Waals surface area contributed by atoms with Crippen LogP contribution in [0.4, 0.5) is 0 Å². The zero-order valence-corrected chi connectivity index (χ0v) is 11.8. The quantitative estimate of drug-likeness (QED) is 0.485. The summed E-state index contributed by atoms with van der Waals surface area (Å²) in [5, 5.41) is 3.34. The Kier molecular flexibility index (Phi) is 4.64. The highest BCUT2D eigenvalue weighted by Gasteiger charge is 2.03. The van der Waals surface area contributed by atoms with Gasteiger partial charge in [-0.05, 0) is 36.4 Å². The SMILES string of the molecule is CSc1nccc(Sc2ccnc(SC)n2)n1. The highest BCUT2D eigenvalue weighted by Crippen LogP contribution is 2.25. The summed E-state index contributed by atoms with van der Waals surface area (Å²) in [4.78, 5) is 17.0. The van der Waals surface area contributed by atoms with Crippen LogP contribution in [0.3, 0.4) is 0 Å². The van der Waals surface area contributed by atoms with Crippen molar-refractivity contribution in [2.45, 2.75) is 20.4 Å². The minimum Gasteiger partial charge on any atom is -0.231 e. The summed E-state index contributed by atoms with van der Waals surface area (Å²) in [5.74, 6) is 0. The average Bonchev–Trinajstić information content (AvgIpc) is 2.39. The van der Waals surface area contributed by atoms with E-state index in [1.165, 1.54) is 35.3 Å². The minimum absolute atomic E-state index is 0.772. The van der Waals surface area contributed by atoms with Gasteiger partial charge in [-0.3, -0.25) is 0 Å². The lowest BCUT2D eigenvalue weighted by Crippen LogP contribution is -1.90. The molecule has 0 spiro atoms. The molecule has 0 fully saturated rings. The van der Waals surface area contributed by atoms with Gasteiger partial charge >= 0.3 is 0 Å². The summed E-state index contributed by atoms with van der Waals surface area (Å²) in [6.45, 7) is 0. The fourth-order valence-electron chi connectivity index (χ4n) is 1.07. The molecule has 0 amide bonds. The molecule has 17 heavy (non-hydrogen) atoms. The molecule has 2 aromatic heterocycles. The predicted octanol–water partition coefficient (Wildman–Crippen LogP) is 2.86. The summed E-state index contributed by atoms with van der Waals surface area (Å²) in [5.41, 5.74) is 0. The molecule has 0 bridgehead atoms. The number of aromatic nitrogens is 4. The summed E-state index contributed by atoms with van der Waals surface area (Å²) >= 11 is 4.58. The number of nitrogens with zero attached hydrogens (tertiary/aromatic N) is 4. The first-order chi connectivity index (χ1) is 8.31. The lowest BCUT2D eigenvalue weighted by atomic mass is 10.7. The fraction of sp³-hybridized carbons (Fsp3) is 0.200. The van der Waals surface area contributed by atoms with Gasteiger partial charge in [0, 0.05) is 12.4 Å². The molecule has 7 heteroatoms. The standard InChI is InChI=1S/C10H10N4S3/c1-15-9-11-5-3-7(13-9)17-8-4-6-12-10(14-8)16-2/h3-6H,1-2H3. The van der Waals surface area contributed by atoms with Crippen LogP contribution in [-0.2, 0) is 0 Å². The van der Waals surface area contributed by atoms with E-state index in [4.69, 9.17) is 0 Å². The van der Waals surface area contributed by atoms with Crippen molar-refractivity contribution in [2.24, 2.45) is 0 Å². The molecule has 0 aliphatic heterocycles. The van der Waals surface area contributed by atoms with E-state index in [-0.39, 0.29) is 0 Å². The maximum absolute atomic E-state index is 4.39. The van der Waals surface area contributed by atoms with Crippen molar-refractivity contribution in [3.8, 4) is 0 Å². The summed E-state index contributed by atoms with van der Waals surface area (Å²) < 4.78 is 0. The minimum atomic E-state index is 0.772. The van der Waals surface area contributed by atoms with E-state index in [0.29, 0.717) is 0 Å². The van der Waals surface area contributed by atoms with Crippen LogP contribution in [0.15, 0.2) is 44.9 Å². The normalized spacial score (nSPS) is 10.5. The topological polar surface area (TPSA) is 51.6 Å². The Morgan fingerprint density at radius 3 is 1.71 bits per heavy atom. The molecule has 2 aromatic rings. The average molecular weight is 282 g/mol. The zero-order chi connectivity index (χ0) is 12.1. The summed E-state index contributed by atoms with van der Waals surface area (Å²) in [6.07, 6.45) is 7.44. The molecule has 2 rings (SSSR count). The van der Waals surface area contributed by atoms with E-state index < -0.39 is 0 Å². The van der Waals surface area contributed by atoms with Crippen LogP contribution >= 0.6 is 35.3 Å². The summed E-state index contributed by atoms with van der Waals surface area (Å²) in [6, 6.07) is 3.76. The van der Waals surface area contributed by atoms with E-state index >= 15 is 0 Å². The van der Waals surface area contributed by atoms with Crippen molar-refractivity contribution in [1.29, 1.82) is 0 Å². The molecule has 0 atom stereocenters. The molecule has 0 aliphatic carbocycles. The molecule has 2 heterocycles. The Bertz CT molecular complexity index is 461. The van der Waals surface area contributed by atoms with E-state index in [9.17, 15) is 0 Å². The molecule has 0 saturated heterocycles. The molecular weight excluding hydrogens is 272 g/mol. The number of hydrogen-bond acceptors (Lipinski definition) is 7. The molecule has 0 N–H and O–H groups in total. The number of hydrogen-bond donors (Lipinski definition) is 0. The van der Waals surface area contributed by atoms with E-state index in [1.807, 2.05) is 24.6 Å². The second-order valence-electron chi connectivity index (χ2n) is 2.87. The second kappa shape index (κ2) is 6.23. The number of rotatable bonds is 4. The highest BCUT2D eigenvalue weighted by atomic mass is 32.2. The third-order valence-corrected chi connectivity index (χ3v) is 3.79. The van der Waals surface area contributed by atoms with E-state index in [0.717, 1.165) is 20.4 Å². The van der Waals surface area contributed by atoms with Crippen LogP contribution in [0, 0.1) is 0 Å². The molecular formula is C10H10N4S3. The Morgan fingerprint density at radius 1 is 0.824 bits per heavy atom. The first-order valence-corrected chi connectivity index (χ1v) is 8.00. The molecule has 0 aliphatic rings. The van der Waals surface area contributed by atoms with Crippen molar-refractivity contribution in [1.82, 2.24) is 19.9 Å². The van der Waals surface area contributed by atoms with Gasteiger partial charge in [0.25, 0.3) is 0 Å². The molecule has 0 radical (unpaired) electrons. The lowest BCUT2D eigenvalue weighted by molar-refractivity contribution is 0.874. The van der Waals surface area contributed by atoms with Gasteiger partial charge in [0.15, 0.2) is 10.3 Å². The molecule has 4 nitrogen and oxygen atoms in total. The zero-order valence-electron chi connectivity index (χ0n) is 9.32. The van der Waals surface area contributed by atoms with Crippen LogP contribution < -0.4 is 0 Å². The second-order valence-corrected chi connectivity index (χ2v) is 5.45. The van der Waals surface area contributed by atoms with Gasteiger partial charge in [-0.15, -0.1) is 0 Å². The third-order valence-electron chi connectivity index (χ3n) is 1.79. The lowest BCUT2D eigenvalue weighted by Gasteiger charge is -2.02. The summed E-state index contributed by atoms with van der Waals surface area (Å²) in [7, 11) is 0. The van der Waals surface area contributed by atoms with Gasteiger partial charge in [0.05, 0.1) is 0 Å². The molecule has 88 valence electrons. The van der Waals surface area contributed by atoms with Gasteiger partial charge in [0.1, 0.15) is 10.1 Å². The van der Waals surface area contributed by atoms with Crippen LogP contribution in [0.25, 0.3) is 0 Å². The Labute approximate surface area is 112 Å². The molecule has 0 aromatic carbocycles. The Hall–Kier alpha value is -0.790. The van der Waals surface area contributed by atoms with E-state index in [1.54, 1.807) is 12.4 Å². The van der Waals surface area contributed by atoms with Crippen molar-refractivity contribution >= 4 is 35.3 Å².